The Bertz CT molecular complexity index is 1130. The molecule has 3 aliphatic rings. The second kappa shape index (κ2) is 8.26. The van der Waals surface area contributed by atoms with Crippen molar-refractivity contribution in [2.45, 2.75) is 13.0 Å². The number of carbonyl (C=O) groups is 2. The number of carbonyl (C=O) groups excluding carboxylic acids is 2. The molecule has 2 aromatic rings. The third kappa shape index (κ3) is 3.57. The predicted molar refractivity (Wildman–Crippen MR) is 121 cm³/mol. The smallest absolute Gasteiger partial charge is 0.254 e. The molecule has 0 spiro atoms. The lowest BCUT2D eigenvalue weighted by atomic mass is 9.85. The number of fused-ring (bicyclic) bond motifs is 5. The van der Waals surface area contributed by atoms with Crippen LogP contribution in [0.4, 0.5) is 0 Å². The molecule has 1 heterocycles. The van der Waals surface area contributed by atoms with Crippen molar-refractivity contribution in [1.29, 1.82) is 0 Å². The van der Waals surface area contributed by atoms with Crippen LogP contribution < -0.4 is 9.47 Å². The van der Waals surface area contributed by atoms with Gasteiger partial charge in [0, 0.05) is 15.6 Å². The van der Waals surface area contributed by atoms with Crippen LogP contribution in [-0.4, -0.2) is 30.1 Å². The first-order chi connectivity index (χ1) is 15.5. The van der Waals surface area contributed by atoms with Gasteiger partial charge < -0.3 is 9.47 Å². The van der Waals surface area contributed by atoms with Crippen LogP contribution in [0.15, 0.2) is 53.7 Å². The summed E-state index contributed by atoms with van der Waals surface area (Å²) in [6.07, 6.45) is 6.51. The fourth-order valence-corrected chi connectivity index (χ4v) is 5.27. The SMILES string of the molecule is COc1cc(C=NN2C(=O)C3C4C=CC(C4)C3C2=O)ccc1OCc1ccc(Cl)cc1Cl. The fraction of sp³-hybridized carbons (Fsp3) is 0.292. The standard InChI is InChI=1S/C24H20Cl2N2O4/c1-31-20-8-13(2-7-19(20)32-12-16-5-6-17(25)10-18(16)26)11-27-28-23(29)21-14-3-4-15(9-14)22(21)24(28)30/h2-8,10-11,14-15,21-22H,9,12H2,1H3. The molecule has 1 saturated heterocycles. The average molecular weight is 471 g/mol. The second-order valence-corrected chi connectivity index (χ2v) is 9.01. The van der Waals surface area contributed by atoms with Crippen LogP contribution in [0.2, 0.25) is 10.0 Å². The van der Waals surface area contributed by atoms with Gasteiger partial charge in [-0.2, -0.15) is 10.1 Å². The van der Waals surface area contributed by atoms with Gasteiger partial charge in [0.05, 0.1) is 25.2 Å². The largest absolute Gasteiger partial charge is 0.493 e. The Kier molecular flexibility index (Phi) is 5.43. The van der Waals surface area contributed by atoms with Crippen LogP contribution in [0.5, 0.6) is 11.5 Å². The maximum absolute atomic E-state index is 12.7. The minimum absolute atomic E-state index is 0.160. The summed E-state index contributed by atoms with van der Waals surface area (Å²) >= 11 is 12.1. The Hall–Kier alpha value is -2.83. The number of hydrazone groups is 1. The van der Waals surface area contributed by atoms with Crippen LogP contribution in [0.25, 0.3) is 0 Å². The predicted octanol–water partition coefficient (Wildman–Crippen LogP) is 4.72. The summed E-state index contributed by atoms with van der Waals surface area (Å²) in [5.41, 5.74) is 1.47. The molecule has 0 N–H and O–H groups in total. The number of nitrogens with zero attached hydrogens (tertiary/aromatic N) is 2. The highest BCUT2D eigenvalue weighted by atomic mass is 35.5. The molecule has 1 saturated carbocycles. The highest BCUT2D eigenvalue weighted by molar-refractivity contribution is 6.35. The van der Waals surface area contributed by atoms with Gasteiger partial charge in [0.2, 0.25) is 0 Å². The van der Waals surface area contributed by atoms with E-state index in [0.717, 1.165) is 17.0 Å². The number of amides is 2. The van der Waals surface area contributed by atoms with E-state index in [1.165, 1.54) is 13.3 Å². The van der Waals surface area contributed by atoms with Gasteiger partial charge in [-0.25, -0.2) is 0 Å². The van der Waals surface area contributed by atoms with E-state index >= 15 is 0 Å². The third-order valence-electron chi connectivity index (χ3n) is 6.36. The Balaban J connectivity index is 1.29. The normalized spacial score (nSPS) is 25.8. The first kappa shape index (κ1) is 21.0. The van der Waals surface area contributed by atoms with Crippen molar-refractivity contribution in [1.82, 2.24) is 5.01 Å². The lowest BCUT2D eigenvalue weighted by Gasteiger charge is -2.13. The molecule has 32 heavy (non-hydrogen) atoms. The fourth-order valence-electron chi connectivity index (χ4n) is 4.80. The summed E-state index contributed by atoms with van der Waals surface area (Å²) in [4.78, 5) is 25.5. The maximum atomic E-state index is 12.7. The quantitative estimate of drug-likeness (QED) is 0.347. The van der Waals surface area contributed by atoms with E-state index in [0.29, 0.717) is 27.1 Å². The number of hydrogen-bond donors (Lipinski definition) is 0. The molecule has 2 aliphatic carbocycles. The van der Waals surface area contributed by atoms with Gasteiger partial charge in [-0.3, -0.25) is 9.59 Å². The second-order valence-electron chi connectivity index (χ2n) is 8.17. The lowest BCUT2D eigenvalue weighted by molar-refractivity contribution is -0.140. The van der Waals surface area contributed by atoms with E-state index < -0.39 is 0 Å². The van der Waals surface area contributed by atoms with Crippen molar-refractivity contribution >= 4 is 41.2 Å². The minimum atomic E-state index is -0.264. The molecule has 2 bridgehead atoms. The molecule has 6 nitrogen and oxygen atoms in total. The molecule has 1 aliphatic heterocycles. The summed E-state index contributed by atoms with van der Waals surface area (Å²) in [6, 6.07) is 10.5. The Labute approximate surface area is 195 Å². The van der Waals surface area contributed by atoms with Crippen molar-refractivity contribution in [3.8, 4) is 11.5 Å². The molecule has 2 fully saturated rings. The van der Waals surface area contributed by atoms with Gasteiger partial charge in [-0.1, -0.05) is 41.4 Å². The molecule has 2 aromatic carbocycles. The van der Waals surface area contributed by atoms with Gasteiger partial charge >= 0.3 is 0 Å². The number of imide groups is 1. The number of ether oxygens (including phenoxy) is 2. The Morgan fingerprint density at radius 1 is 1.03 bits per heavy atom. The zero-order valence-corrected chi connectivity index (χ0v) is 18.7. The number of methoxy groups -OCH3 is 1. The molecule has 4 atom stereocenters. The third-order valence-corrected chi connectivity index (χ3v) is 6.94. The van der Waals surface area contributed by atoms with Gasteiger partial charge in [0.25, 0.3) is 11.8 Å². The van der Waals surface area contributed by atoms with Crippen LogP contribution in [0, 0.1) is 23.7 Å². The number of allylic oxidation sites excluding steroid dienone is 2. The Morgan fingerprint density at radius 2 is 1.75 bits per heavy atom. The first-order valence-electron chi connectivity index (χ1n) is 10.3. The molecular weight excluding hydrogens is 451 g/mol. The summed E-state index contributed by atoms with van der Waals surface area (Å²) in [5, 5.41) is 6.32. The average Bonchev–Trinajstić information content (AvgIpc) is 3.46. The topological polar surface area (TPSA) is 68.2 Å². The minimum Gasteiger partial charge on any atom is -0.493 e. The molecule has 0 radical (unpaired) electrons. The van der Waals surface area contributed by atoms with Crippen molar-refractivity contribution < 1.29 is 19.1 Å². The summed E-state index contributed by atoms with van der Waals surface area (Å²) in [7, 11) is 1.54. The maximum Gasteiger partial charge on any atom is 0.254 e. The first-order valence-corrected chi connectivity index (χ1v) is 11.1. The summed E-state index contributed by atoms with van der Waals surface area (Å²) < 4.78 is 11.3. The molecule has 8 heteroatoms. The monoisotopic (exact) mass is 470 g/mol. The molecule has 4 unspecified atom stereocenters. The highest BCUT2D eigenvalue weighted by Gasteiger charge is 2.59. The summed E-state index contributed by atoms with van der Waals surface area (Å²) in [5.74, 6) is 0.400. The number of halogens is 2. The van der Waals surface area contributed by atoms with Gasteiger partial charge in [0.1, 0.15) is 6.61 Å². The lowest BCUT2D eigenvalue weighted by Crippen LogP contribution is -2.28. The molecule has 164 valence electrons. The molecular formula is C24H20Cl2N2O4. The van der Waals surface area contributed by atoms with Gasteiger partial charge in [-0.05, 0) is 54.2 Å². The van der Waals surface area contributed by atoms with Crippen LogP contribution in [0.3, 0.4) is 0 Å². The Morgan fingerprint density at radius 3 is 2.41 bits per heavy atom. The van der Waals surface area contributed by atoms with Crippen LogP contribution >= 0.6 is 23.2 Å². The number of rotatable bonds is 6. The van der Waals surface area contributed by atoms with Crippen molar-refractivity contribution in [3.05, 3.63) is 69.7 Å². The van der Waals surface area contributed by atoms with Crippen molar-refractivity contribution in [2.24, 2.45) is 28.8 Å². The highest BCUT2D eigenvalue weighted by Crippen LogP contribution is 2.52. The molecule has 0 aromatic heterocycles. The van der Waals surface area contributed by atoms with E-state index in [4.69, 9.17) is 32.7 Å². The number of benzene rings is 2. The van der Waals surface area contributed by atoms with E-state index in [9.17, 15) is 9.59 Å². The van der Waals surface area contributed by atoms with Crippen LogP contribution in [-0.2, 0) is 16.2 Å². The van der Waals surface area contributed by atoms with Gasteiger partial charge in [-0.15, -0.1) is 0 Å². The molecule has 2 amide bonds. The van der Waals surface area contributed by atoms with E-state index in [1.54, 1.807) is 36.4 Å². The van der Waals surface area contributed by atoms with Crippen molar-refractivity contribution in [2.75, 3.05) is 7.11 Å². The summed E-state index contributed by atoms with van der Waals surface area (Å²) in [6.45, 7) is 0.246. The van der Waals surface area contributed by atoms with E-state index in [1.807, 2.05) is 0 Å². The van der Waals surface area contributed by atoms with Crippen molar-refractivity contribution in [3.63, 3.8) is 0 Å². The van der Waals surface area contributed by atoms with Crippen LogP contribution in [0.1, 0.15) is 17.5 Å². The van der Waals surface area contributed by atoms with Gasteiger partial charge in [0.15, 0.2) is 11.5 Å². The zero-order chi connectivity index (χ0) is 22.4. The van der Waals surface area contributed by atoms with E-state index in [2.05, 4.69) is 17.3 Å². The number of hydrogen-bond acceptors (Lipinski definition) is 5. The zero-order valence-electron chi connectivity index (χ0n) is 17.2. The van der Waals surface area contributed by atoms with E-state index in [-0.39, 0.29) is 42.1 Å². The molecule has 5 rings (SSSR count).